The van der Waals surface area contributed by atoms with Crippen molar-refractivity contribution in [3.05, 3.63) is 57.0 Å². The molecule has 0 spiro atoms. The average Bonchev–Trinajstić information content (AvgIpc) is 2.68. The predicted molar refractivity (Wildman–Crippen MR) is 75.7 cm³/mol. The second-order valence-electron chi connectivity index (χ2n) is 4.52. The fourth-order valence-electron chi connectivity index (χ4n) is 2.00. The minimum atomic E-state index is -0.122. The molecule has 3 heteroatoms. The minimum absolute atomic E-state index is 0.122. The van der Waals surface area contributed by atoms with Gasteiger partial charge in [0.2, 0.25) is 0 Å². The maximum absolute atomic E-state index is 13.7. The Morgan fingerprint density at radius 1 is 1.28 bits per heavy atom. The Kier molecular flexibility index (Phi) is 4.15. The SMILES string of the molecule is CNC(Cc1ccccc1F)c1cc(C)c(C)s1. The maximum Gasteiger partial charge on any atom is 0.126 e. The normalized spacial score (nSPS) is 12.7. The van der Waals surface area contributed by atoms with E-state index in [0.717, 1.165) is 5.56 Å². The lowest BCUT2D eigenvalue weighted by Gasteiger charge is -2.15. The molecule has 1 atom stereocenters. The molecule has 1 aromatic carbocycles. The van der Waals surface area contributed by atoms with Crippen LogP contribution in [-0.2, 0) is 6.42 Å². The van der Waals surface area contributed by atoms with Crippen LogP contribution in [0.15, 0.2) is 30.3 Å². The monoisotopic (exact) mass is 263 g/mol. The van der Waals surface area contributed by atoms with Gasteiger partial charge in [-0.3, -0.25) is 0 Å². The first-order valence-corrected chi connectivity index (χ1v) is 6.91. The summed E-state index contributed by atoms with van der Waals surface area (Å²) in [6, 6.07) is 9.37. The number of aryl methyl sites for hydroxylation is 2. The number of thiophene rings is 1. The zero-order chi connectivity index (χ0) is 13.1. The van der Waals surface area contributed by atoms with Gasteiger partial charge in [0.1, 0.15) is 5.82 Å². The second-order valence-corrected chi connectivity index (χ2v) is 5.81. The number of benzene rings is 1. The summed E-state index contributed by atoms with van der Waals surface area (Å²) < 4.78 is 13.7. The van der Waals surface area contributed by atoms with Gasteiger partial charge in [-0.1, -0.05) is 18.2 Å². The minimum Gasteiger partial charge on any atom is -0.312 e. The first-order valence-electron chi connectivity index (χ1n) is 6.09. The van der Waals surface area contributed by atoms with E-state index in [-0.39, 0.29) is 11.9 Å². The fraction of sp³-hybridized carbons (Fsp3) is 0.333. The van der Waals surface area contributed by atoms with E-state index in [0.29, 0.717) is 6.42 Å². The van der Waals surface area contributed by atoms with Gasteiger partial charge in [0.05, 0.1) is 0 Å². The van der Waals surface area contributed by atoms with Crippen molar-refractivity contribution in [1.29, 1.82) is 0 Å². The second kappa shape index (κ2) is 5.63. The van der Waals surface area contributed by atoms with E-state index >= 15 is 0 Å². The molecule has 1 N–H and O–H groups in total. The van der Waals surface area contributed by atoms with Crippen LogP contribution in [0.3, 0.4) is 0 Å². The zero-order valence-electron chi connectivity index (χ0n) is 11.0. The molecular weight excluding hydrogens is 245 g/mol. The van der Waals surface area contributed by atoms with Crippen LogP contribution in [0.4, 0.5) is 4.39 Å². The summed E-state index contributed by atoms with van der Waals surface area (Å²) in [6.07, 6.45) is 0.683. The molecule has 0 saturated heterocycles. The number of hydrogen-bond donors (Lipinski definition) is 1. The molecule has 18 heavy (non-hydrogen) atoms. The van der Waals surface area contributed by atoms with E-state index in [1.54, 1.807) is 17.4 Å². The van der Waals surface area contributed by atoms with Crippen molar-refractivity contribution in [2.75, 3.05) is 7.05 Å². The molecule has 0 saturated carbocycles. The lowest BCUT2D eigenvalue weighted by Crippen LogP contribution is -2.18. The summed E-state index contributed by atoms with van der Waals surface area (Å²) in [6.45, 7) is 4.24. The molecule has 0 radical (unpaired) electrons. The van der Waals surface area contributed by atoms with Gasteiger partial charge < -0.3 is 5.32 Å². The Labute approximate surface area is 112 Å². The molecule has 1 unspecified atom stereocenters. The summed E-state index contributed by atoms with van der Waals surface area (Å²) in [7, 11) is 1.93. The van der Waals surface area contributed by atoms with Crippen LogP contribution in [0.1, 0.15) is 26.9 Å². The molecule has 0 bridgehead atoms. The van der Waals surface area contributed by atoms with Crippen molar-refractivity contribution in [1.82, 2.24) is 5.32 Å². The zero-order valence-corrected chi connectivity index (χ0v) is 11.8. The lowest BCUT2D eigenvalue weighted by molar-refractivity contribution is 0.560. The molecule has 0 aliphatic carbocycles. The van der Waals surface area contributed by atoms with E-state index < -0.39 is 0 Å². The Morgan fingerprint density at radius 2 is 2.00 bits per heavy atom. The van der Waals surface area contributed by atoms with Crippen LogP contribution in [0, 0.1) is 19.7 Å². The molecule has 2 rings (SSSR count). The van der Waals surface area contributed by atoms with E-state index in [2.05, 4.69) is 25.2 Å². The largest absolute Gasteiger partial charge is 0.312 e. The van der Waals surface area contributed by atoms with Gasteiger partial charge in [-0.25, -0.2) is 4.39 Å². The molecular formula is C15H18FNS. The molecule has 2 aromatic rings. The van der Waals surface area contributed by atoms with Gasteiger partial charge >= 0.3 is 0 Å². The van der Waals surface area contributed by atoms with Gasteiger partial charge in [0, 0.05) is 15.8 Å². The molecule has 0 aliphatic heterocycles. The van der Waals surface area contributed by atoms with Crippen LogP contribution in [-0.4, -0.2) is 7.05 Å². The van der Waals surface area contributed by atoms with Crippen molar-refractivity contribution < 1.29 is 4.39 Å². The first-order chi connectivity index (χ1) is 8.61. The predicted octanol–water partition coefficient (Wildman–Crippen LogP) is 4.01. The van der Waals surface area contributed by atoms with E-state index in [4.69, 9.17) is 0 Å². The van der Waals surface area contributed by atoms with Gasteiger partial charge in [0.15, 0.2) is 0 Å². The first kappa shape index (κ1) is 13.2. The van der Waals surface area contributed by atoms with E-state index in [1.165, 1.54) is 21.4 Å². The van der Waals surface area contributed by atoms with Gasteiger partial charge in [-0.2, -0.15) is 0 Å². The summed E-state index contributed by atoms with van der Waals surface area (Å²) in [4.78, 5) is 2.61. The average molecular weight is 263 g/mol. The molecule has 0 fully saturated rings. The summed E-state index contributed by atoms with van der Waals surface area (Å²) >= 11 is 1.79. The smallest absolute Gasteiger partial charge is 0.126 e. The third kappa shape index (κ3) is 2.79. The summed E-state index contributed by atoms with van der Waals surface area (Å²) in [5.41, 5.74) is 2.07. The molecule has 1 heterocycles. The number of rotatable bonds is 4. The topological polar surface area (TPSA) is 12.0 Å². The van der Waals surface area contributed by atoms with Crippen molar-refractivity contribution in [3.63, 3.8) is 0 Å². The molecule has 1 aromatic heterocycles. The van der Waals surface area contributed by atoms with Crippen LogP contribution in [0.2, 0.25) is 0 Å². The van der Waals surface area contributed by atoms with Crippen LogP contribution in [0.25, 0.3) is 0 Å². The highest BCUT2D eigenvalue weighted by molar-refractivity contribution is 7.12. The highest BCUT2D eigenvalue weighted by Gasteiger charge is 2.15. The third-order valence-electron chi connectivity index (χ3n) is 3.26. The number of hydrogen-bond acceptors (Lipinski definition) is 2. The van der Waals surface area contributed by atoms with Crippen LogP contribution < -0.4 is 5.32 Å². The number of likely N-dealkylation sites (N-methyl/N-ethyl adjacent to an activating group) is 1. The van der Waals surface area contributed by atoms with E-state index in [9.17, 15) is 4.39 Å². The lowest BCUT2D eigenvalue weighted by atomic mass is 10.0. The van der Waals surface area contributed by atoms with Gasteiger partial charge in [-0.15, -0.1) is 11.3 Å². The Hall–Kier alpha value is -1.19. The van der Waals surface area contributed by atoms with Crippen LogP contribution in [0.5, 0.6) is 0 Å². The Bertz CT molecular complexity index is 514. The van der Waals surface area contributed by atoms with Crippen molar-refractivity contribution in [3.8, 4) is 0 Å². The number of nitrogens with one attached hydrogen (secondary N) is 1. The highest BCUT2D eigenvalue weighted by atomic mass is 32.1. The van der Waals surface area contributed by atoms with E-state index in [1.807, 2.05) is 19.2 Å². The Morgan fingerprint density at radius 3 is 2.56 bits per heavy atom. The molecule has 1 nitrogen and oxygen atoms in total. The third-order valence-corrected chi connectivity index (χ3v) is 4.53. The Balaban J connectivity index is 2.22. The van der Waals surface area contributed by atoms with Crippen LogP contribution >= 0.6 is 11.3 Å². The molecule has 96 valence electrons. The van der Waals surface area contributed by atoms with Crippen molar-refractivity contribution >= 4 is 11.3 Å². The van der Waals surface area contributed by atoms with Crippen molar-refractivity contribution in [2.45, 2.75) is 26.3 Å². The maximum atomic E-state index is 13.7. The quantitative estimate of drug-likeness (QED) is 0.879. The van der Waals surface area contributed by atoms with Gasteiger partial charge in [-0.05, 0) is 50.6 Å². The van der Waals surface area contributed by atoms with Gasteiger partial charge in [0.25, 0.3) is 0 Å². The van der Waals surface area contributed by atoms with Crippen molar-refractivity contribution in [2.24, 2.45) is 0 Å². The highest BCUT2D eigenvalue weighted by Crippen LogP contribution is 2.28. The molecule has 0 aliphatic rings. The molecule has 0 amide bonds. The fourth-order valence-corrected chi connectivity index (χ4v) is 3.15. The summed E-state index contributed by atoms with van der Waals surface area (Å²) in [5.74, 6) is -0.122. The number of halogens is 1. The summed E-state index contributed by atoms with van der Waals surface area (Å²) in [5, 5.41) is 3.28. The standard InChI is InChI=1S/C15H18FNS/c1-10-8-15(18-11(10)2)14(17-3)9-12-6-4-5-7-13(12)16/h4-8,14,17H,9H2,1-3H3.